The van der Waals surface area contributed by atoms with Crippen LogP contribution in [0.25, 0.3) is 0 Å². The Balaban J connectivity index is 1.98. The van der Waals surface area contributed by atoms with E-state index in [1.54, 1.807) is 24.3 Å². The molecular weight excluding hydrogens is 245 g/mol. The first-order valence-electron chi connectivity index (χ1n) is 5.61. The predicted molar refractivity (Wildman–Crippen MR) is 67.4 cm³/mol. The van der Waals surface area contributed by atoms with Crippen LogP contribution in [0.1, 0.15) is 15.9 Å². The monoisotopic (exact) mass is 255 g/mol. The molecule has 2 aromatic carbocycles. The SMILES string of the molecule is N#Cc1ccc(OCC(=O)c2cccc(F)c2)cc1. The summed E-state index contributed by atoms with van der Waals surface area (Å²) in [5, 5.41) is 8.64. The first-order valence-corrected chi connectivity index (χ1v) is 5.61. The van der Waals surface area contributed by atoms with Crippen molar-refractivity contribution in [2.75, 3.05) is 6.61 Å². The Labute approximate surface area is 109 Å². The van der Waals surface area contributed by atoms with Gasteiger partial charge in [-0.2, -0.15) is 5.26 Å². The van der Waals surface area contributed by atoms with Crippen molar-refractivity contribution in [3.05, 3.63) is 65.5 Å². The second kappa shape index (κ2) is 5.78. The summed E-state index contributed by atoms with van der Waals surface area (Å²) >= 11 is 0. The molecule has 2 rings (SSSR count). The van der Waals surface area contributed by atoms with Crippen LogP contribution >= 0.6 is 0 Å². The van der Waals surface area contributed by atoms with Crippen LogP contribution in [-0.4, -0.2) is 12.4 Å². The third kappa shape index (κ3) is 3.39. The van der Waals surface area contributed by atoms with Crippen LogP contribution < -0.4 is 4.74 Å². The zero-order valence-corrected chi connectivity index (χ0v) is 9.97. The average molecular weight is 255 g/mol. The van der Waals surface area contributed by atoms with Gasteiger partial charge in [-0.15, -0.1) is 0 Å². The van der Waals surface area contributed by atoms with Gasteiger partial charge >= 0.3 is 0 Å². The molecule has 0 N–H and O–H groups in total. The molecule has 0 unspecified atom stereocenters. The molecule has 0 spiro atoms. The summed E-state index contributed by atoms with van der Waals surface area (Å²) in [6.07, 6.45) is 0. The molecule has 94 valence electrons. The zero-order valence-electron chi connectivity index (χ0n) is 9.97. The van der Waals surface area contributed by atoms with Gasteiger partial charge in [0, 0.05) is 5.56 Å². The van der Waals surface area contributed by atoms with Gasteiger partial charge in [0.05, 0.1) is 11.6 Å². The average Bonchev–Trinajstić information content (AvgIpc) is 2.45. The molecular formula is C15H10FNO2. The Bertz CT molecular complexity index is 629. The minimum atomic E-state index is -0.454. The lowest BCUT2D eigenvalue weighted by Gasteiger charge is -2.05. The third-order valence-electron chi connectivity index (χ3n) is 2.50. The lowest BCUT2D eigenvalue weighted by atomic mass is 10.1. The fourth-order valence-electron chi connectivity index (χ4n) is 1.52. The number of halogens is 1. The molecule has 0 heterocycles. The van der Waals surface area contributed by atoms with Crippen LogP contribution in [0.2, 0.25) is 0 Å². The summed E-state index contributed by atoms with van der Waals surface area (Å²) < 4.78 is 18.2. The second-order valence-electron chi connectivity index (χ2n) is 3.86. The van der Waals surface area contributed by atoms with Gasteiger partial charge in [0.15, 0.2) is 12.4 Å². The molecule has 0 aliphatic rings. The molecule has 0 saturated heterocycles. The van der Waals surface area contributed by atoms with E-state index in [0.717, 1.165) is 0 Å². The summed E-state index contributed by atoms with van der Waals surface area (Å²) in [7, 11) is 0. The Morgan fingerprint density at radius 2 is 1.95 bits per heavy atom. The lowest BCUT2D eigenvalue weighted by Crippen LogP contribution is -2.11. The van der Waals surface area contributed by atoms with Gasteiger partial charge in [-0.05, 0) is 36.4 Å². The van der Waals surface area contributed by atoms with Gasteiger partial charge in [-0.3, -0.25) is 4.79 Å². The number of carbonyl (C=O) groups is 1. The first kappa shape index (κ1) is 12.8. The molecule has 3 nitrogen and oxygen atoms in total. The fourth-order valence-corrected chi connectivity index (χ4v) is 1.52. The molecule has 0 aromatic heterocycles. The van der Waals surface area contributed by atoms with Crippen molar-refractivity contribution in [1.29, 1.82) is 5.26 Å². The molecule has 0 bridgehead atoms. The standard InChI is InChI=1S/C15H10FNO2/c16-13-3-1-2-12(8-13)15(18)10-19-14-6-4-11(9-17)5-7-14/h1-8H,10H2. The third-order valence-corrected chi connectivity index (χ3v) is 2.50. The number of ketones is 1. The van der Waals surface area contributed by atoms with E-state index in [0.29, 0.717) is 11.3 Å². The van der Waals surface area contributed by atoms with Crippen molar-refractivity contribution in [3.8, 4) is 11.8 Å². The quantitative estimate of drug-likeness (QED) is 0.789. The van der Waals surface area contributed by atoms with E-state index in [1.807, 2.05) is 6.07 Å². The number of hydrogen-bond donors (Lipinski definition) is 0. The van der Waals surface area contributed by atoms with Crippen LogP contribution in [-0.2, 0) is 0 Å². The van der Waals surface area contributed by atoms with Crippen LogP contribution in [0.15, 0.2) is 48.5 Å². The van der Waals surface area contributed by atoms with Gasteiger partial charge in [0.25, 0.3) is 0 Å². The minimum Gasteiger partial charge on any atom is -0.485 e. The zero-order chi connectivity index (χ0) is 13.7. The van der Waals surface area contributed by atoms with Crippen molar-refractivity contribution < 1.29 is 13.9 Å². The van der Waals surface area contributed by atoms with Crippen molar-refractivity contribution >= 4 is 5.78 Å². The number of benzene rings is 2. The maximum Gasteiger partial charge on any atom is 0.200 e. The summed E-state index contributed by atoms with van der Waals surface area (Å²) in [5.41, 5.74) is 0.789. The molecule has 0 aliphatic carbocycles. The van der Waals surface area contributed by atoms with Crippen molar-refractivity contribution in [2.45, 2.75) is 0 Å². The number of Topliss-reactive ketones (excluding diaryl/α,β-unsaturated/α-hetero) is 1. The van der Waals surface area contributed by atoms with Crippen LogP contribution in [0, 0.1) is 17.1 Å². The number of rotatable bonds is 4. The van der Waals surface area contributed by atoms with Gasteiger partial charge in [0.2, 0.25) is 0 Å². The Hall–Kier alpha value is -2.67. The summed E-state index contributed by atoms with van der Waals surface area (Å²) in [6, 6.07) is 13.9. The Morgan fingerprint density at radius 1 is 1.21 bits per heavy atom. The molecule has 2 aromatic rings. The van der Waals surface area contributed by atoms with E-state index in [1.165, 1.54) is 24.3 Å². The van der Waals surface area contributed by atoms with Gasteiger partial charge in [-0.25, -0.2) is 4.39 Å². The molecule has 0 radical (unpaired) electrons. The highest BCUT2D eigenvalue weighted by Crippen LogP contribution is 2.12. The van der Waals surface area contributed by atoms with E-state index in [4.69, 9.17) is 10.00 Å². The summed E-state index contributed by atoms with van der Waals surface area (Å²) in [4.78, 5) is 11.7. The normalized spacial score (nSPS) is 9.68. The van der Waals surface area contributed by atoms with Gasteiger partial charge < -0.3 is 4.74 Å². The van der Waals surface area contributed by atoms with E-state index in [9.17, 15) is 9.18 Å². The molecule has 0 atom stereocenters. The van der Waals surface area contributed by atoms with E-state index in [2.05, 4.69) is 0 Å². The number of hydrogen-bond acceptors (Lipinski definition) is 3. The number of carbonyl (C=O) groups excluding carboxylic acids is 1. The van der Waals surface area contributed by atoms with Crippen LogP contribution in [0.3, 0.4) is 0 Å². The number of nitriles is 1. The maximum atomic E-state index is 13.0. The number of ether oxygens (including phenoxy) is 1. The highest BCUT2D eigenvalue weighted by Gasteiger charge is 2.07. The van der Waals surface area contributed by atoms with Gasteiger partial charge in [-0.1, -0.05) is 12.1 Å². The van der Waals surface area contributed by atoms with Crippen molar-refractivity contribution in [2.24, 2.45) is 0 Å². The fraction of sp³-hybridized carbons (Fsp3) is 0.0667. The second-order valence-corrected chi connectivity index (χ2v) is 3.86. The number of nitrogens with zero attached hydrogens (tertiary/aromatic N) is 1. The van der Waals surface area contributed by atoms with Gasteiger partial charge in [0.1, 0.15) is 11.6 Å². The predicted octanol–water partition coefficient (Wildman–Crippen LogP) is 2.96. The molecule has 0 aliphatic heterocycles. The highest BCUT2D eigenvalue weighted by atomic mass is 19.1. The maximum absolute atomic E-state index is 13.0. The summed E-state index contributed by atoms with van der Waals surface area (Å²) in [5.74, 6) is -0.267. The minimum absolute atomic E-state index is 0.171. The molecule has 0 saturated carbocycles. The molecule has 0 amide bonds. The van der Waals surface area contributed by atoms with Crippen LogP contribution in [0.4, 0.5) is 4.39 Å². The summed E-state index contributed by atoms with van der Waals surface area (Å²) in [6.45, 7) is -0.171. The highest BCUT2D eigenvalue weighted by molar-refractivity contribution is 5.97. The molecule has 19 heavy (non-hydrogen) atoms. The van der Waals surface area contributed by atoms with E-state index >= 15 is 0 Å². The van der Waals surface area contributed by atoms with E-state index in [-0.39, 0.29) is 18.0 Å². The molecule has 4 heteroatoms. The first-order chi connectivity index (χ1) is 9.19. The van der Waals surface area contributed by atoms with Crippen molar-refractivity contribution in [1.82, 2.24) is 0 Å². The van der Waals surface area contributed by atoms with Crippen molar-refractivity contribution in [3.63, 3.8) is 0 Å². The van der Waals surface area contributed by atoms with Crippen LogP contribution in [0.5, 0.6) is 5.75 Å². The smallest absolute Gasteiger partial charge is 0.200 e. The Kier molecular flexibility index (Phi) is 3.89. The largest absolute Gasteiger partial charge is 0.485 e. The lowest BCUT2D eigenvalue weighted by molar-refractivity contribution is 0.0921. The topological polar surface area (TPSA) is 50.1 Å². The van der Waals surface area contributed by atoms with E-state index < -0.39 is 5.82 Å². The molecule has 0 fully saturated rings. The Morgan fingerprint density at radius 3 is 2.58 bits per heavy atom.